The van der Waals surface area contributed by atoms with Crippen molar-refractivity contribution in [2.75, 3.05) is 5.32 Å². The Morgan fingerprint density at radius 2 is 2.25 bits per heavy atom. The van der Waals surface area contributed by atoms with E-state index in [1.54, 1.807) is 6.07 Å². The fourth-order valence-corrected chi connectivity index (χ4v) is 1.83. The first kappa shape index (κ1) is 14.0. The van der Waals surface area contributed by atoms with Gasteiger partial charge in [0.2, 0.25) is 0 Å². The van der Waals surface area contributed by atoms with Crippen molar-refractivity contribution in [2.45, 2.75) is 26.9 Å². The van der Waals surface area contributed by atoms with Crippen molar-refractivity contribution >= 4 is 5.69 Å². The van der Waals surface area contributed by atoms with E-state index in [1.807, 2.05) is 10.8 Å². The average Bonchev–Trinajstić information content (AvgIpc) is 2.84. The molecule has 0 amide bonds. The average molecular weight is 273 g/mol. The summed E-state index contributed by atoms with van der Waals surface area (Å²) in [5.41, 5.74) is 0.709. The number of nitrogens with one attached hydrogen (secondary N) is 1. The molecular formula is C14H16FN5. The second-order valence-corrected chi connectivity index (χ2v) is 4.91. The van der Waals surface area contributed by atoms with Crippen LogP contribution in [0.2, 0.25) is 0 Å². The fourth-order valence-electron chi connectivity index (χ4n) is 1.83. The third-order valence-electron chi connectivity index (χ3n) is 2.77. The summed E-state index contributed by atoms with van der Waals surface area (Å²) in [5.74, 6) is 0.772. The molecule has 0 spiro atoms. The summed E-state index contributed by atoms with van der Waals surface area (Å²) < 4.78 is 15.1. The highest BCUT2D eigenvalue weighted by Crippen LogP contribution is 2.14. The highest BCUT2D eigenvalue weighted by molar-refractivity contribution is 5.49. The van der Waals surface area contributed by atoms with Gasteiger partial charge in [0.1, 0.15) is 24.0 Å². The van der Waals surface area contributed by atoms with Crippen LogP contribution < -0.4 is 5.32 Å². The molecule has 6 heteroatoms. The quantitative estimate of drug-likeness (QED) is 0.909. The molecule has 1 heterocycles. The van der Waals surface area contributed by atoms with Gasteiger partial charge in [-0.3, -0.25) is 0 Å². The summed E-state index contributed by atoms with van der Waals surface area (Å²) in [7, 11) is 0. The third kappa shape index (κ3) is 3.32. The van der Waals surface area contributed by atoms with Crippen LogP contribution >= 0.6 is 0 Å². The summed E-state index contributed by atoms with van der Waals surface area (Å²) in [5, 5.41) is 16.1. The van der Waals surface area contributed by atoms with Crippen molar-refractivity contribution in [1.82, 2.24) is 14.8 Å². The zero-order valence-corrected chi connectivity index (χ0v) is 11.5. The van der Waals surface area contributed by atoms with E-state index in [2.05, 4.69) is 29.2 Å². The van der Waals surface area contributed by atoms with Gasteiger partial charge in [0.05, 0.1) is 12.1 Å². The smallest absolute Gasteiger partial charge is 0.146 e. The van der Waals surface area contributed by atoms with Crippen LogP contribution in [-0.2, 0) is 13.1 Å². The number of aromatic nitrogens is 3. The molecule has 0 aliphatic rings. The van der Waals surface area contributed by atoms with Gasteiger partial charge in [-0.05, 0) is 24.1 Å². The molecule has 1 aromatic carbocycles. The molecule has 0 fully saturated rings. The maximum atomic E-state index is 13.2. The van der Waals surface area contributed by atoms with Crippen LogP contribution in [-0.4, -0.2) is 14.8 Å². The predicted octanol–water partition coefficient (Wildman–Crippen LogP) is 2.56. The van der Waals surface area contributed by atoms with Gasteiger partial charge < -0.3 is 5.32 Å². The predicted molar refractivity (Wildman–Crippen MR) is 73.3 cm³/mol. The maximum absolute atomic E-state index is 13.2. The van der Waals surface area contributed by atoms with E-state index in [9.17, 15) is 4.39 Å². The van der Waals surface area contributed by atoms with Gasteiger partial charge in [-0.25, -0.2) is 14.1 Å². The Hall–Kier alpha value is -2.42. The molecule has 0 saturated carbocycles. The number of anilines is 1. The summed E-state index contributed by atoms with van der Waals surface area (Å²) in [6.07, 6.45) is 1.52. The molecule has 2 aromatic rings. The lowest BCUT2D eigenvalue weighted by atomic mass is 10.2. The van der Waals surface area contributed by atoms with Crippen molar-refractivity contribution in [3.05, 3.63) is 41.7 Å². The van der Waals surface area contributed by atoms with E-state index in [0.717, 1.165) is 12.4 Å². The molecule has 5 nitrogen and oxygen atoms in total. The lowest BCUT2D eigenvalue weighted by Crippen LogP contribution is -2.13. The Morgan fingerprint density at radius 1 is 1.45 bits per heavy atom. The molecule has 0 aliphatic heterocycles. The fraction of sp³-hybridized carbons (Fsp3) is 0.357. The molecule has 0 radical (unpaired) electrons. The van der Waals surface area contributed by atoms with E-state index in [0.29, 0.717) is 18.2 Å². The Bertz CT molecular complexity index is 627. The van der Waals surface area contributed by atoms with Crippen LogP contribution in [0.4, 0.5) is 10.1 Å². The van der Waals surface area contributed by atoms with Crippen molar-refractivity contribution in [3.63, 3.8) is 0 Å². The van der Waals surface area contributed by atoms with Gasteiger partial charge in [-0.1, -0.05) is 13.8 Å². The number of nitrogens with zero attached hydrogens (tertiary/aromatic N) is 4. The minimum Gasteiger partial charge on any atom is -0.378 e. The molecule has 0 atom stereocenters. The van der Waals surface area contributed by atoms with E-state index in [1.165, 1.54) is 18.5 Å². The molecule has 2 rings (SSSR count). The molecule has 0 saturated heterocycles. The van der Waals surface area contributed by atoms with Crippen LogP contribution in [0.25, 0.3) is 0 Å². The molecule has 0 bridgehead atoms. The van der Waals surface area contributed by atoms with Crippen molar-refractivity contribution in [1.29, 1.82) is 5.26 Å². The SMILES string of the molecule is CC(C)Cn1ncnc1CNc1ccc(F)c(C#N)c1. The first-order chi connectivity index (χ1) is 9.60. The first-order valence-electron chi connectivity index (χ1n) is 6.40. The molecule has 20 heavy (non-hydrogen) atoms. The van der Waals surface area contributed by atoms with Gasteiger partial charge >= 0.3 is 0 Å². The normalized spacial score (nSPS) is 10.6. The van der Waals surface area contributed by atoms with E-state index < -0.39 is 5.82 Å². The van der Waals surface area contributed by atoms with Crippen molar-refractivity contribution in [3.8, 4) is 6.07 Å². The number of halogens is 1. The Labute approximate surface area is 117 Å². The number of benzene rings is 1. The number of rotatable bonds is 5. The van der Waals surface area contributed by atoms with Gasteiger partial charge in [0.25, 0.3) is 0 Å². The largest absolute Gasteiger partial charge is 0.378 e. The van der Waals surface area contributed by atoms with E-state index in [-0.39, 0.29) is 5.56 Å². The van der Waals surface area contributed by atoms with Crippen LogP contribution in [0.1, 0.15) is 25.2 Å². The standard InChI is InChI=1S/C14H16FN5/c1-10(2)8-20-14(18-9-19-20)7-17-12-3-4-13(15)11(5-12)6-16/h3-5,9-10,17H,7-8H2,1-2H3. The van der Waals surface area contributed by atoms with Crippen LogP contribution in [0, 0.1) is 23.1 Å². The van der Waals surface area contributed by atoms with Gasteiger partial charge in [-0.15, -0.1) is 0 Å². The number of hydrogen-bond donors (Lipinski definition) is 1. The lowest BCUT2D eigenvalue weighted by Gasteiger charge is -2.10. The zero-order chi connectivity index (χ0) is 14.5. The van der Waals surface area contributed by atoms with Crippen LogP contribution in [0.3, 0.4) is 0 Å². The molecule has 0 unspecified atom stereocenters. The monoisotopic (exact) mass is 273 g/mol. The van der Waals surface area contributed by atoms with Gasteiger partial charge in [-0.2, -0.15) is 10.4 Å². The van der Waals surface area contributed by atoms with Crippen molar-refractivity contribution < 1.29 is 4.39 Å². The highest BCUT2D eigenvalue weighted by atomic mass is 19.1. The van der Waals surface area contributed by atoms with Crippen molar-refractivity contribution in [2.24, 2.45) is 5.92 Å². The Morgan fingerprint density at radius 3 is 2.95 bits per heavy atom. The minimum absolute atomic E-state index is 0.0265. The second-order valence-electron chi connectivity index (χ2n) is 4.91. The Kier molecular flexibility index (Phi) is 4.31. The molecular weight excluding hydrogens is 257 g/mol. The minimum atomic E-state index is -0.513. The first-order valence-corrected chi connectivity index (χ1v) is 6.40. The molecule has 0 aliphatic carbocycles. The summed E-state index contributed by atoms with van der Waals surface area (Å²) >= 11 is 0. The lowest BCUT2D eigenvalue weighted by molar-refractivity contribution is 0.468. The Balaban J connectivity index is 2.06. The maximum Gasteiger partial charge on any atom is 0.146 e. The zero-order valence-electron chi connectivity index (χ0n) is 11.5. The molecule has 1 aromatic heterocycles. The number of nitriles is 1. The van der Waals surface area contributed by atoms with E-state index in [4.69, 9.17) is 5.26 Å². The molecule has 1 N–H and O–H groups in total. The summed E-state index contributed by atoms with van der Waals surface area (Å²) in [6, 6.07) is 6.18. The van der Waals surface area contributed by atoms with Crippen LogP contribution in [0.15, 0.2) is 24.5 Å². The highest BCUT2D eigenvalue weighted by Gasteiger charge is 2.07. The summed E-state index contributed by atoms with van der Waals surface area (Å²) in [6.45, 7) is 5.49. The van der Waals surface area contributed by atoms with Gasteiger partial charge in [0.15, 0.2) is 0 Å². The third-order valence-corrected chi connectivity index (χ3v) is 2.77. The van der Waals surface area contributed by atoms with E-state index >= 15 is 0 Å². The van der Waals surface area contributed by atoms with Gasteiger partial charge in [0, 0.05) is 12.2 Å². The number of hydrogen-bond acceptors (Lipinski definition) is 4. The topological polar surface area (TPSA) is 66.5 Å². The van der Waals surface area contributed by atoms with Crippen LogP contribution in [0.5, 0.6) is 0 Å². The summed E-state index contributed by atoms with van der Waals surface area (Å²) in [4.78, 5) is 4.19. The molecule has 104 valence electrons. The second kappa shape index (κ2) is 6.15.